The van der Waals surface area contributed by atoms with Crippen molar-refractivity contribution in [3.63, 3.8) is 0 Å². The SMILES string of the molecule is Cc1cc2c(cc1/C=N/c1ccccc1)-c1cc(/C=N/c3ccccc3)c(C)cc1[Si]2(c1ccccc1)c1ccccc1. The van der Waals surface area contributed by atoms with Crippen molar-refractivity contribution in [2.45, 2.75) is 13.8 Å². The molecule has 206 valence electrons. The Bertz CT molecular complexity index is 1820. The molecule has 0 radical (unpaired) electrons. The van der Waals surface area contributed by atoms with Crippen molar-refractivity contribution in [1.82, 2.24) is 0 Å². The molecule has 0 saturated carbocycles. The molecule has 0 aliphatic carbocycles. The predicted molar refractivity (Wildman–Crippen MR) is 186 cm³/mol. The second-order valence-corrected chi connectivity index (χ2v) is 14.9. The van der Waals surface area contributed by atoms with E-state index < -0.39 is 8.07 Å². The van der Waals surface area contributed by atoms with Gasteiger partial charge in [0.05, 0.1) is 11.4 Å². The summed E-state index contributed by atoms with van der Waals surface area (Å²) in [6.07, 6.45) is 4.03. The predicted octanol–water partition coefficient (Wildman–Crippen LogP) is 7.16. The summed E-state index contributed by atoms with van der Waals surface area (Å²) in [6, 6.07) is 52.2. The molecule has 0 spiro atoms. The normalized spacial score (nSPS) is 13.3. The molecule has 43 heavy (non-hydrogen) atoms. The van der Waals surface area contributed by atoms with Gasteiger partial charge in [0.2, 0.25) is 0 Å². The van der Waals surface area contributed by atoms with Gasteiger partial charge in [0.1, 0.15) is 0 Å². The molecule has 0 bridgehead atoms. The van der Waals surface area contributed by atoms with Crippen molar-refractivity contribution in [3.8, 4) is 11.1 Å². The molecule has 2 nitrogen and oxygen atoms in total. The molecule has 0 aromatic heterocycles. The average Bonchev–Trinajstić information content (AvgIpc) is 3.32. The highest BCUT2D eigenvalue weighted by Gasteiger charge is 2.49. The van der Waals surface area contributed by atoms with Gasteiger partial charge in [-0.1, -0.05) is 109 Å². The van der Waals surface area contributed by atoms with Crippen LogP contribution in [0.2, 0.25) is 0 Å². The molecule has 0 unspecified atom stereocenters. The third-order valence-electron chi connectivity index (χ3n) is 8.54. The molecule has 3 heteroatoms. The van der Waals surface area contributed by atoms with Crippen LogP contribution in [0.15, 0.2) is 156 Å². The molecule has 0 atom stereocenters. The Morgan fingerprint density at radius 1 is 0.442 bits per heavy atom. The highest BCUT2D eigenvalue weighted by Crippen LogP contribution is 2.32. The zero-order valence-corrected chi connectivity index (χ0v) is 25.4. The van der Waals surface area contributed by atoms with Gasteiger partial charge in [0.15, 0.2) is 8.07 Å². The highest BCUT2D eigenvalue weighted by atomic mass is 28.3. The monoisotopic (exact) mass is 568 g/mol. The van der Waals surface area contributed by atoms with E-state index in [0.29, 0.717) is 0 Å². The number of benzene rings is 6. The molecular formula is C40H32N2Si. The zero-order valence-electron chi connectivity index (χ0n) is 24.4. The third kappa shape index (κ3) is 4.78. The number of hydrogen-bond donors (Lipinski definition) is 0. The molecule has 1 heterocycles. The molecular weight excluding hydrogens is 537 g/mol. The molecule has 6 aromatic carbocycles. The van der Waals surface area contributed by atoms with Crippen LogP contribution in [0.5, 0.6) is 0 Å². The standard InChI is InChI=1S/C40H32N2Si/c1-29-23-39-37(25-31(29)27-41-33-15-7-3-8-16-33)38-26-32(28-42-34-17-9-4-10-18-34)30(2)24-40(38)43(39,35-19-11-5-12-20-35)36-21-13-6-14-22-36/h3-28H,1-2H3/b41-27+,42-28+. The molecule has 7 rings (SSSR count). The van der Waals surface area contributed by atoms with Crippen LogP contribution in [-0.2, 0) is 0 Å². The molecule has 0 amide bonds. The Morgan fingerprint density at radius 2 is 0.791 bits per heavy atom. The average molecular weight is 569 g/mol. The maximum atomic E-state index is 4.83. The summed E-state index contributed by atoms with van der Waals surface area (Å²) in [5.74, 6) is 0. The second kappa shape index (κ2) is 11.3. The first-order valence-corrected chi connectivity index (χ1v) is 16.7. The van der Waals surface area contributed by atoms with Crippen molar-refractivity contribution < 1.29 is 0 Å². The van der Waals surface area contributed by atoms with Crippen LogP contribution in [0.1, 0.15) is 22.3 Å². The Morgan fingerprint density at radius 3 is 1.16 bits per heavy atom. The van der Waals surface area contributed by atoms with Gasteiger partial charge in [-0.3, -0.25) is 9.98 Å². The number of fused-ring (bicyclic) bond motifs is 3. The maximum Gasteiger partial charge on any atom is 0.180 e. The van der Waals surface area contributed by atoms with Crippen LogP contribution in [0.4, 0.5) is 11.4 Å². The minimum absolute atomic E-state index is 0.954. The lowest BCUT2D eigenvalue weighted by molar-refractivity contribution is 1.44. The first-order valence-electron chi connectivity index (χ1n) is 14.7. The van der Waals surface area contributed by atoms with Gasteiger partial charge < -0.3 is 0 Å². The van der Waals surface area contributed by atoms with Crippen LogP contribution < -0.4 is 20.7 Å². The Kier molecular flexibility index (Phi) is 7.02. The molecule has 1 aliphatic rings. The Labute approximate surface area is 254 Å². The topological polar surface area (TPSA) is 24.7 Å². The summed E-state index contributed by atoms with van der Waals surface area (Å²) in [6.45, 7) is 4.43. The summed E-state index contributed by atoms with van der Waals surface area (Å²) in [5, 5.41) is 5.67. The summed E-state index contributed by atoms with van der Waals surface area (Å²) >= 11 is 0. The fourth-order valence-electron chi connectivity index (χ4n) is 6.42. The lowest BCUT2D eigenvalue weighted by atomic mass is 9.97. The van der Waals surface area contributed by atoms with E-state index in [0.717, 1.165) is 22.5 Å². The van der Waals surface area contributed by atoms with Gasteiger partial charge in [-0.25, -0.2) is 0 Å². The third-order valence-corrected chi connectivity index (χ3v) is 13.4. The van der Waals surface area contributed by atoms with Crippen molar-refractivity contribution in [1.29, 1.82) is 0 Å². The number of nitrogens with zero attached hydrogens (tertiary/aromatic N) is 2. The fraction of sp³-hybridized carbons (Fsp3) is 0.0500. The van der Waals surface area contributed by atoms with Crippen molar-refractivity contribution in [2.75, 3.05) is 0 Å². The van der Waals surface area contributed by atoms with Gasteiger partial charge >= 0.3 is 0 Å². The summed E-state index contributed by atoms with van der Waals surface area (Å²) in [4.78, 5) is 9.66. The van der Waals surface area contributed by atoms with Crippen molar-refractivity contribution >= 4 is 52.6 Å². The lowest BCUT2D eigenvalue weighted by Gasteiger charge is -2.32. The number of rotatable bonds is 6. The number of aliphatic imine (C=N–C) groups is 2. The fourth-order valence-corrected chi connectivity index (χ4v) is 11.8. The first-order chi connectivity index (χ1) is 21.1. The van der Waals surface area contributed by atoms with Gasteiger partial charge in [-0.05, 0) is 104 Å². The van der Waals surface area contributed by atoms with Crippen molar-refractivity contribution in [2.24, 2.45) is 9.98 Å². The van der Waals surface area contributed by atoms with E-state index in [4.69, 9.17) is 9.98 Å². The molecule has 0 saturated heterocycles. The first kappa shape index (κ1) is 26.8. The van der Waals surface area contributed by atoms with Gasteiger partial charge in [-0.15, -0.1) is 0 Å². The van der Waals surface area contributed by atoms with E-state index in [9.17, 15) is 0 Å². The molecule has 1 aliphatic heterocycles. The van der Waals surface area contributed by atoms with E-state index in [1.54, 1.807) is 0 Å². The van der Waals surface area contributed by atoms with Crippen LogP contribution in [0.25, 0.3) is 11.1 Å². The van der Waals surface area contributed by atoms with Crippen LogP contribution >= 0.6 is 0 Å². The van der Waals surface area contributed by atoms with E-state index >= 15 is 0 Å². The van der Waals surface area contributed by atoms with Gasteiger partial charge in [-0.2, -0.15) is 0 Å². The Hall–Kier alpha value is -5.12. The molecule has 0 N–H and O–H groups in total. The summed E-state index contributed by atoms with van der Waals surface area (Å²) in [7, 11) is -2.60. The quantitative estimate of drug-likeness (QED) is 0.150. The highest BCUT2D eigenvalue weighted by molar-refractivity contribution is 7.22. The smallest absolute Gasteiger partial charge is 0.180 e. The minimum atomic E-state index is -2.60. The van der Waals surface area contributed by atoms with Crippen LogP contribution in [0, 0.1) is 13.8 Å². The van der Waals surface area contributed by atoms with E-state index in [-0.39, 0.29) is 0 Å². The molecule has 6 aromatic rings. The summed E-state index contributed by atoms with van der Waals surface area (Å²) < 4.78 is 0. The maximum absolute atomic E-state index is 4.83. The van der Waals surface area contributed by atoms with Crippen LogP contribution in [-0.4, -0.2) is 20.5 Å². The largest absolute Gasteiger partial charge is 0.256 e. The van der Waals surface area contributed by atoms with E-state index in [1.807, 2.05) is 73.1 Å². The minimum Gasteiger partial charge on any atom is -0.256 e. The van der Waals surface area contributed by atoms with E-state index in [2.05, 4.69) is 98.8 Å². The number of hydrogen-bond acceptors (Lipinski definition) is 2. The van der Waals surface area contributed by atoms with Crippen molar-refractivity contribution in [3.05, 3.63) is 168 Å². The van der Waals surface area contributed by atoms with Gasteiger partial charge in [0.25, 0.3) is 0 Å². The number of aryl methyl sites for hydroxylation is 2. The number of para-hydroxylation sites is 2. The van der Waals surface area contributed by atoms with Gasteiger partial charge in [0, 0.05) is 12.4 Å². The zero-order chi connectivity index (χ0) is 29.2. The Balaban J connectivity index is 1.50. The van der Waals surface area contributed by atoms with Crippen LogP contribution in [0.3, 0.4) is 0 Å². The summed E-state index contributed by atoms with van der Waals surface area (Å²) in [5.41, 5.74) is 9.24. The second-order valence-electron chi connectivity index (χ2n) is 11.2. The van der Waals surface area contributed by atoms with E-state index in [1.165, 1.54) is 43.0 Å². The molecule has 0 fully saturated rings. The lowest BCUT2D eigenvalue weighted by Crippen LogP contribution is -2.72.